The molecule has 0 aromatic carbocycles. The molecular weight excluding hydrogens is 486 g/mol. The highest BCUT2D eigenvalue weighted by atomic mass is 16.4. The van der Waals surface area contributed by atoms with Crippen LogP contribution in [0.3, 0.4) is 0 Å². The Hall–Kier alpha value is -2.09. The molecule has 1 heterocycles. The number of rotatable bonds is 18. The van der Waals surface area contributed by atoms with Crippen molar-refractivity contribution in [1.29, 1.82) is 0 Å². The lowest BCUT2D eigenvalue weighted by atomic mass is 9.81. The Labute approximate surface area is 227 Å². The summed E-state index contributed by atoms with van der Waals surface area (Å²) < 4.78 is 0. The highest BCUT2D eigenvalue weighted by Gasteiger charge is 2.32. The fraction of sp³-hybridized carbons (Fsp3) is 0.833. The highest BCUT2D eigenvalue weighted by Crippen LogP contribution is 2.31. The SMILES string of the molecule is CCC(CC(=O)CC(CC(=O)O)C(=O)CC(CC1CCCCCC1)C(=O)O)C(=O)CCCC1CCNCC1. The van der Waals surface area contributed by atoms with Gasteiger partial charge in [0.05, 0.1) is 12.3 Å². The van der Waals surface area contributed by atoms with Crippen molar-refractivity contribution < 1.29 is 34.2 Å². The van der Waals surface area contributed by atoms with E-state index < -0.39 is 41.9 Å². The zero-order valence-corrected chi connectivity index (χ0v) is 23.3. The first-order valence-corrected chi connectivity index (χ1v) is 14.9. The van der Waals surface area contributed by atoms with E-state index >= 15 is 0 Å². The number of carboxylic acid groups (broad SMARTS) is 2. The number of carboxylic acids is 2. The fourth-order valence-corrected chi connectivity index (χ4v) is 6.25. The minimum absolute atomic E-state index is 0.0104. The first-order valence-electron chi connectivity index (χ1n) is 14.9. The summed E-state index contributed by atoms with van der Waals surface area (Å²) >= 11 is 0. The minimum Gasteiger partial charge on any atom is -0.481 e. The second-order valence-corrected chi connectivity index (χ2v) is 11.7. The third kappa shape index (κ3) is 12.2. The third-order valence-electron chi connectivity index (χ3n) is 8.66. The van der Waals surface area contributed by atoms with Gasteiger partial charge < -0.3 is 15.5 Å². The van der Waals surface area contributed by atoms with Gasteiger partial charge in [0.1, 0.15) is 17.3 Å². The molecule has 0 amide bonds. The third-order valence-corrected chi connectivity index (χ3v) is 8.66. The molecule has 2 rings (SSSR count). The average molecular weight is 536 g/mol. The van der Waals surface area contributed by atoms with Crippen LogP contribution in [0.2, 0.25) is 0 Å². The molecule has 1 saturated heterocycles. The number of Topliss-reactive ketones (excluding diaryl/α,β-unsaturated/α-hetero) is 3. The summed E-state index contributed by atoms with van der Waals surface area (Å²) in [5, 5.41) is 22.5. The van der Waals surface area contributed by atoms with Gasteiger partial charge in [-0.15, -0.1) is 0 Å². The molecule has 3 N–H and O–H groups in total. The van der Waals surface area contributed by atoms with E-state index in [1.807, 2.05) is 6.92 Å². The van der Waals surface area contributed by atoms with Crippen molar-refractivity contribution in [1.82, 2.24) is 5.32 Å². The number of hydrogen-bond donors (Lipinski definition) is 3. The lowest BCUT2D eigenvalue weighted by Gasteiger charge is -2.22. The monoisotopic (exact) mass is 535 g/mol. The molecule has 1 aliphatic heterocycles. The predicted octanol–water partition coefficient (Wildman–Crippen LogP) is 5.21. The van der Waals surface area contributed by atoms with Crippen LogP contribution in [0.25, 0.3) is 0 Å². The number of aliphatic carboxylic acids is 2. The summed E-state index contributed by atoms with van der Waals surface area (Å²) in [5.74, 6) is -4.35. The van der Waals surface area contributed by atoms with Crippen LogP contribution in [-0.2, 0) is 24.0 Å². The Morgan fingerprint density at radius 2 is 1.37 bits per heavy atom. The maximum atomic E-state index is 13.1. The molecule has 2 aliphatic rings. The van der Waals surface area contributed by atoms with E-state index in [1.165, 1.54) is 0 Å². The summed E-state index contributed by atoms with van der Waals surface area (Å²) in [6.45, 7) is 3.91. The summed E-state index contributed by atoms with van der Waals surface area (Å²) in [6.07, 6.45) is 10.8. The number of carbonyl (C=O) groups is 5. The molecule has 0 spiro atoms. The Balaban J connectivity index is 1.89. The molecular formula is C30H49NO7. The summed E-state index contributed by atoms with van der Waals surface area (Å²) in [5.41, 5.74) is 0. The van der Waals surface area contributed by atoms with Crippen LogP contribution >= 0.6 is 0 Å². The molecule has 38 heavy (non-hydrogen) atoms. The number of nitrogens with one attached hydrogen (secondary N) is 1. The lowest BCUT2D eigenvalue weighted by Crippen LogP contribution is -2.28. The van der Waals surface area contributed by atoms with Gasteiger partial charge in [-0.2, -0.15) is 0 Å². The van der Waals surface area contributed by atoms with Crippen molar-refractivity contribution in [2.24, 2.45) is 29.6 Å². The lowest BCUT2D eigenvalue weighted by molar-refractivity contribution is -0.146. The molecule has 3 unspecified atom stereocenters. The average Bonchev–Trinajstić information content (AvgIpc) is 3.15. The number of ketones is 3. The quantitative estimate of drug-likeness (QED) is 0.203. The molecule has 1 aliphatic carbocycles. The first kappa shape index (κ1) is 32.1. The van der Waals surface area contributed by atoms with Gasteiger partial charge >= 0.3 is 11.9 Å². The van der Waals surface area contributed by atoms with Crippen molar-refractivity contribution in [2.45, 2.75) is 116 Å². The van der Waals surface area contributed by atoms with Gasteiger partial charge in [0.15, 0.2) is 0 Å². The van der Waals surface area contributed by atoms with Crippen molar-refractivity contribution in [3.8, 4) is 0 Å². The smallest absolute Gasteiger partial charge is 0.306 e. The molecule has 8 heteroatoms. The van der Waals surface area contributed by atoms with Crippen LogP contribution in [0.5, 0.6) is 0 Å². The maximum Gasteiger partial charge on any atom is 0.306 e. The minimum atomic E-state index is -1.19. The van der Waals surface area contributed by atoms with Crippen LogP contribution in [0.1, 0.15) is 116 Å². The van der Waals surface area contributed by atoms with Gasteiger partial charge in [0, 0.05) is 37.5 Å². The van der Waals surface area contributed by atoms with E-state index in [2.05, 4.69) is 5.32 Å². The van der Waals surface area contributed by atoms with Crippen LogP contribution < -0.4 is 5.32 Å². The van der Waals surface area contributed by atoms with Crippen LogP contribution in [0.15, 0.2) is 0 Å². The molecule has 1 saturated carbocycles. The van der Waals surface area contributed by atoms with Crippen molar-refractivity contribution in [3.63, 3.8) is 0 Å². The van der Waals surface area contributed by atoms with Gasteiger partial charge in [0.25, 0.3) is 0 Å². The molecule has 0 aromatic rings. The molecule has 0 radical (unpaired) electrons. The van der Waals surface area contributed by atoms with E-state index in [9.17, 15) is 34.2 Å². The molecule has 8 nitrogen and oxygen atoms in total. The molecule has 216 valence electrons. The zero-order valence-electron chi connectivity index (χ0n) is 23.3. The standard InChI is InChI=1S/C30H49NO7/c1-2-23(27(33)11-7-10-21-12-14-31-15-13-21)17-26(32)18-24(20-29(35)36)28(34)19-25(30(37)38)16-22-8-5-3-4-6-9-22/h21-25,31H,2-20H2,1H3,(H,35,36)(H,37,38). The molecule has 0 aromatic heterocycles. The van der Waals surface area contributed by atoms with Crippen LogP contribution in [-0.4, -0.2) is 52.6 Å². The van der Waals surface area contributed by atoms with Gasteiger partial charge in [-0.25, -0.2) is 0 Å². The number of piperidine rings is 1. The molecule has 2 fully saturated rings. The topological polar surface area (TPSA) is 138 Å². The van der Waals surface area contributed by atoms with Crippen LogP contribution in [0, 0.1) is 29.6 Å². The van der Waals surface area contributed by atoms with E-state index in [1.54, 1.807) is 0 Å². The Kier molecular flexibility index (Phi) is 14.8. The van der Waals surface area contributed by atoms with E-state index in [0.717, 1.165) is 77.3 Å². The summed E-state index contributed by atoms with van der Waals surface area (Å²) in [4.78, 5) is 62.1. The highest BCUT2D eigenvalue weighted by molar-refractivity contribution is 5.93. The van der Waals surface area contributed by atoms with E-state index in [-0.39, 0.29) is 36.7 Å². The van der Waals surface area contributed by atoms with Gasteiger partial charge in [0.2, 0.25) is 0 Å². The number of hydrogen-bond acceptors (Lipinski definition) is 6. The van der Waals surface area contributed by atoms with Crippen LogP contribution in [0.4, 0.5) is 0 Å². The zero-order chi connectivity index (χ0) is 27.9. The Morgan fingerprint density at radius 1 is 0.737 bits per heavy atom. The molecule has 3 atom stereocenters. The normalized spacial score (nSPS) is 19.7. The summed E-state index contributed by atoms with van der Waals surface area (Å²) in [7, 11) is 0. The predicted molar refractivity (Wildman–Crippen MR) is 145 cm³/mol. The van der Waals surface area contributed by atoms with Crippen molar-refractivity contribution in [2.75, 3.05) is 13.1 Å². The second kappa shape index (κ2) is 17.5. The maximum absolute atomic E-state index is 13.1. The van der Waals surface area contributed by atoms with Crippen molar-refractivity contribution in [3.05, 3.63) is 0 Å². The number of carbonyl (C=O) groups excluding carboxylic acids is 3. The first-order chi connectivity index (χ1) is 18.2. The fourth-order valence-electron chi connectivity index (χ4n) is 6.25. The summed E-state index contributed by atoms with van der Waals surface area (Å²) in [6, 6.07) is 0. The Morgan fingerprint density at radius 3 is 1.95 bits per heavy atom. The van der Waals surface area contributed by atoms with Gasteiger partial charge in [-0.1, -0.05) is 45.4 Å². The van der Waals surface area contributed by atoms with E-state index in [0.29, 0.717) is 25.2 Å². The second-order valence-electron chi connectivity index (χ2n) is 11.7. The van der Waals surface area contributed by atoms with Gasteiger partial charge in [-0.3, -0.25) is 24.0 Å². The van der Waals surface area contributed by atoms with Crippen molar-refractivity contribution >= 4 is 29.3 Å². The largest absolute Gasteiger partial charge is 0.481 e. The van der Waals surface area contributed by atoms with Gasteiger partial charge in [-0.05, 0) is 63.5 Å². The Bertz CT molecular complexity index is 781. The molecule has 0 bridgehead atoms. The van der Waals surface area contributed by atoms with E-state index in [4.69, 9.17) is 0 Å².